The number of aromatic nitrogens is 2. The molecule has 0 saturated carbocycles. The Labute approximate surface area is 129 Å². The van der Waals surface area contributed by atoms with Crippen LogP contribution in [0.1, 0.15) is 0 Å². The van der Waals surface area contributed by atoms with E-state index in [1.165, 1.54) is 15.9 Å². The van der Waals surface area contributed by atoms with E-state index in [9.17, 15) is 13.6 Å². The van der Waals surface area contributed by atoms with E-state index in [0.29, 0.717) is 11.4 Å². The third-order valence-corrected chi connectivity index (χ3v) is 4.41. The van der Waals surface area contributed by atoms with Crippen LogP contribution in [0.5, 0.6) is 0 Å². The van der Waals surface area contributed by atoms with E-state index in [4.69, 9.17) is 5.11 Å². The maximum atomic E-state index is 13.4. The molecule has 0 atom stereocenters. The van der Waals surface area contributed by atoms with E-state index >= 15 is 0 Å². The normalized spacial score (nSPS) is 11.2. The van der Waals surface area contributed by atoms with Gasteiger partial charge in [0.25, 0.3) is 0 Å². The Morgan fingerprint density at radius 2 is 2.05 bits per heavy atom. The maximum Gasteiger partial charge on any atom is 0.323 e. The van der Waals surface area contributed by atoms with Crippen molar-refractivity contribution in [1.82, 2.24) is 9.55 Å². The van der Waals surface area contributed by atoms with Crippen LogP contribution in [0.15, 0.2) is 27.4 Å². The minimum atomic E-state index is -1.09. The monoisotopic (exact) mass is 372 g/mol. The van der Waals surface area contributed by atoms with Gasteiger partial charge in [0.2, 0.25) is 0 Å². The first-order chi connectivity index (χ1) is 9.95. The number of fused-ring (bicyclic) bond motifs is 1. The molecule has 0 unspecified atom stereocenters. The molecule has 0 amide bonds. The average Bonchev–Trinajstić information content (AvgIpc) is 2.95. The lowest BCUT2D eigenvalue weighted by Crippen LogP contribution is -2.10. The van der Waals surface area contributed by atoms with Crippen molar-refractivity contribution in [3.8, 4) is 11.4 Å². The summed E-state index contributed by atoms with van der Waals surface area (Å²) in [6, 6.07) is 3.70. The van der Waals surface area contributed by atoms with Gasteiger partial charge < -0.3 is 9.67 Å². The number of hydrogen-bond donors (Lipinski definition) is 1. The van der Waals surface area contributed by atoms with Crippen molar-refractivity contribution < 1.29 is 18.7 Å². The summed E-state index contributed by atoms with van der Waals surface area (Å²) in [5.74, 6) is -2.78. The predicted molar refractivity (Wildman–Crippen MR) is 78.3 cm³/mol. The van der Waals surface area contributed by atoms with Crippen LogP contribution < -0.4 is 0 Å². The Hall–Kier alpha value is -1.80. The lowest BCUT2D eigenvalue weighted by Gasteiger charge is -2.05. The van der Waals surface area contributed by atoms with Crippen molar-refractivity contribution in [2.75, 3.05) is 0 Å². The fraction of sp³-hybridized carbons (Fsp3) is 0.0769. The van der Waals surface area contributed by atoms with Gasteiger partial charge in [-0.3, -0.25) is 4.79 Å². The van der Waals surface area contributed by atoms with E-state index in [-0.39, 0.29) is 17.6 Å². The second-order valence-corrected chi connectivity index (χ2v) is 6.60. The third kappa shape index (κ3) is 2.56. The topological polar surface area (TPSA) is 55.1 Å². The first-order valence-corrected chi connectivity index (χ1v) is 7.44. The molecule has 3 rings (SSSR count). The fourth-order valence-corrected chi connectivity index (χ4v) is 3.20. The van der Waals surface area contributed by atoms with Crippen molar-refractivity contribution in [3.63, 3.8) is 0 Å². The molecular weight excluding hydrogens is 366 g/mol. The Balaban J connectivity index is 2.29. The minimum Gasteiger partial charge on any atom is -0.480 e. The molecule has 0 spiro atoms. The Morgan fingerprint density at radius 1 is 1.33 bits per heavy atom. The highest BCUT2D eigenvalue weighted by atomic mass is 79.9. The van der Waals surface area contributed by atoms with Gasteiger partial charge in [-0.05, 0) is 22.0 Å². The van der Waals surface area contributed by atoms with Crippen LogP contribution in [0.2, 0.25) is 0 Å². The standard InChI is InChI=1S/C13H7BrF2N2O2S/c14-11-1-6(5-21-11)13-17-9-2-7(15)8(16)3-10(9)18(13)4-12(19)20/h1-3,5H,4H2,(H,19,20). The number of carboxylic acids is 1. The quantitative estimate of drug-likeness (QED) is 0.758. The number of benzene rings is 1. The zero-order valence-electron chi connectivity index (χ0n) is 10.3. The SMILES string of the molecule is O=C(O)Cn1c(-c2csc(Br)c2)nc2cc(F)c(F)cc21. The molecule has 0 radical (unpaired) electrons. The number of imidazole rings is 1. The second kappa shape index (κ2) is 5.19. The first kappa shape index (κ1) is 14.2. The van der Waals surface area contributed by atoms with Gasteiger partial charge in [-0.25, -0.2) is 13.8 Å². The highest BCUT2D eigenvalue weighted by Gasteiger charge is 2.18. The van der Waals surface area contributed by atoms with Crippen LogP contribution in [0, 0.1) is 11.6 Å². The smallest absolute Gasteiger partial charge is 0.323 e. The zero-order chi connectivity index (χ0) is 15.1. The predicted octanol–water partition coefficient (Wildman–Crippen LogP) is 3.89. The van der Waals surface area contributed by atoms with Crippen LogP contribution in [-0.4, -0.2) is 20.6 Å². The van der Waals surface area contributed by atoms with Crippen LogP contribution in [-0.2, 0) is 11.3 Å². The molecule has 1 aromatic carbocycles. The summed E-state index contributed by atoms with van der Waals surface area (Å²) in [6.07, 6.45) is 0. The lowest BCUT2D eigenvalue weighted by molar-refractivity contribution is -0.137. The average molecular weight is 373 g/mol. The van der Waals surface area contributed by atoms with Crippen molar-refractivity contribution in [2.45, 2.75) is 6.54 Å². The molecule has 3 aromatic rings. The molecule has 1 N–H and O–H groups in total. The lowest BCUT2D eigenvalue weighted by atomic mass is 10.3. The number of thiophene rings is 1. The van der Waals surface area contributed by atoms with Gasteiger partial charge in [-0.2, -0.15) is 0 Å². The molecule has 4 nitrogen and oxygen atoms in total. The van der Waals surface area contributed by atoms with Gasteiger partial charge in [-0.15, -0.1) is 11.3 Å². The van der Waals surface area contributed by atoms with Gasteiger partial charge in [0.05, 0.1) is 14.8 Å². The fourth-order valence-electron chi connectivity index (χ4n) is 2.06. The van der Waals surface area contributed by atoms with E-state index in [1.807, 2.05) is 0 Å². The molecule has 0 aliphatic carbocycles. The Morgan fingerprint density at radius 3 is 2.67 bits per heavy atom. The minimum absolute atomic E-state index is 0.215. The van der Waals surface area contributed by atoms with Crippen LogP contribution >= 0.6 is 27.3 Å². The van der Waals surface area contributed by atoms with E-state index in [0.717, 1.165) is 15.9 Å². The molecule has 0 aliphatic heterocycles. The molecule has 21 heavy (non-hydrogen) atoms. The largest absolute Gasteiger partial charge is 0.480 e. The number of aliphatic carboxylic acids is 1. The highest BCUT2D eigenvalue weighted by molar-refractivity contribution is 9.11. The Bertz CT molecular complexity index is 859. The number of hydrogen-bond acceptors (Lipinski definition) is 3. The van der Waals surface area contributed by atoms with Crippen molar-refractivity contribution >= 4 is 44.3 Å². The number of halogens is 3. The van der Waals surface area contributed by atoms with E-state index in [2.05, 4.69) is 20.9 Å². The number of carbonyl (C=O) groups is 1. The molecule has 2 aromatic heterocycles. The van der Waals surface area contributed by atoms with Gasteiger partial charge in [-0.1, -0.05) is 0 Å². The summed E-state index contributed by atoms with van der Waals surface area (Å²) in [5.41, 5.74) is 1.14. The van der Waals surface area contributed by atoms with Crippen LogP contribution in [0.3, 0.4) is 0 Å². The number of nitrogens with zero attached hydrogens (tertiary/aromatic N) is 2. The summed E-state index contributed by atoms with van der Waals surface area (Å²) in [6.45, 7) is -0.385. The van der Waals surface area contributed by atoms with Crippen molar-refractivity contribution in [2.24, 2.45) is 0 Å². The van der Waals surface area contributed by atoms with Crippen LogP contribution in [0.4, 0.5) is 8.78 Å². The van der Waals surface area contributed by atoms with Gasteiger partial charge in [0, 0.05) is 23.1 Å². The highest BCUT2D eigenvalue weighted by Crippen LogP contribution is 2.31. The Kier molecular flexibility index (Phi) is 3.50. The molecule has 8 heteroatoms. The molecule has 0 fully saturated rings. The number of rotatable bonds is 3. The molecule has 0 aliphatic rings. The summed E-state index contributed by atoms with van der Waals surface area (Å²) < 4.78 is 28.9. The van der Waals surface area contributed by atoms with Gasteiger partial charge in [0.15, 0.2) is 11.6 Å². The third-order valence-electron chi connectivity index (χ3n) is 2.91. The van der Waals surface area contributed by atoms with Gasteiger partial charge >= 0.3 is 5.97 Å². The van der Waals surface area contributed by atoms with E-state index < -0.39 is 17.6 Å². The number of carboxylic acid groups (broad SMARTS) is 1. The van der Waals surface area contributed by atoms with Crippen molar-refractivity contribution in [1.29, 1.82) is 0 Å². The molecular formula is C13H7BrF2N2O2S. The molecule has 2 heterocycles. The molecule has 108 valence electrons. The molecule has 0 bridgehead atoms. The summed E-state index contributed by atoms with van der Waals surface area (Å²) in [4.78, 5) is 15.3. The van der Waals surface area contributed by atoms with Crippen LogP contribution in [0.25, 0.3) is 22.4 Å². The van der Waals surface area contributed by atoms with Crippen molar-refractivity contribution in [3.05, 3.63) is 39.0 Å². The first-order valence-electron chi connectivity index (χ1n) is 5.77. The van der Waals surface area contributed by atoms with E-state index in [1.54, 1.807) is 11.4 Å². The summed E-state index contributed by atoms with van der Waals surface area (Å²) in [7, 11) is 0. The summed E-state index contributed by atoms with van der Waals surface area (Å²) in [5, 5.41) is 10.8. The maximum absolute atomic E-state index is 13.4. The summed E-state index contributed by atoms with van der Waals surface area (Å²) >= 11 is 4.73. The zero-order valence-corrected chi connectivity index (χ0v) is 12.7. The van der Waals surface area contributed by atoms with Gasteiger partial charge in [0.1, 0.15) is 12.4 Å². The molecule has 0 saturated heterocycles. The second-order valence-electron chi connectivity index (χ2n) is 4.31.